The van der Waals surface area contributed by atoms with E-state index in [1.807, 2.05) is 0 Å². The quantitative estimate of drug-likeness (QED) is 0.573. The molecule has 1 heterocycles. The predicted molar refractivity (Wildman–Crippen MR) is 65.5 cm³/mol. The number of nitrogens with one attached hydrogen (secondary N) is 1. The van der Waals surface area contributed by atoms with Crippen LogP contribution in [-0.4, -0.2) is 38.6 Å². The molecule has 2 unspecified atom stereocenters. The second-order valence-corrected chi connectivity index (χ2v) is 7.00. The summed E-state index contributed by atoms with van der Waals surface area (Å²) in [5.74, 6) is -1.25. The fourth-order valence-corrected chi connectivity index (χ4v) is 2.70. The third kappa shape index (κ3) is 3.66. The van der Waals surface area contributed by atoms with Crippen LogP contribution in [0.25, 0.3) is 0 Å². The molecule has 1 aliphatic heterocycles. The minimum atomic E-state index is -4.21. The van der Waals surface area contributed by atoms with Crippen molar-refractivity contribution in [3.63, 3.8) is 0 Å². The van der Waals surface area contributed by atoms with Crippen molar-refractivity contribution in [3.8, 4) is 0 Å². The van der Waals surface area contributed by atoms with Crippen molar-refractivity contribution in [3.05, 3.63) is 0 Å². The van der Waals surface area contributed by atoms with E-state index in [4.69, 9.17) is 5.11 Å². The van der Waals surface area contributed by atoms with Crippen LogP contribution in [0.4, 0.5) is 0 Å². The fraction of sp³-hybridized carbons (Fsp3) is 0.889. The van der Waals surface area contributed by atoms with Crippen LogP contribution in [0.15, 0.2) is 0 Å². The molecule has 102 valence electrons. The maximum atomic E-state index is 11.4. The molecule has 1 rings (SSSR count). The SMILES string of the molecule is CC(C)(C1CCNC(C(=O)O)C1)P(=O)(O)O.Cl. The highest BCUT2D eigenvalue weighted by Gasteiger charge is 2.46. The van der Waals surface area contributed by atoms with E-state index >= 15 is 0 Å². The van der Waals surface area contributed by atoms with Crippen molar-refractivity contribution in [2.75, 3.05) is 6.54 Å². The average molecular weight is 288 g/mol. The van der Waals surface area contributed by atoms with Gasteiger partial charge >= 0.3 is 13.6 Å². The first-order chi connectivity index (χ1) is 7.16. The second-order valence-electron chi connectivity index (χ2n) is 4.76. The summed E-state index contributed by atoms with van der Waals surface area (Å²) in [7, 11) is -4.21. The first kappa shape index (κ1) is 16.9. The molecule has 4 N–H and O–H groups in total. The first-order valence-electron chi connectivity index (χ1n) is 5.18. The predicted octanol–water partition coefficient (Wildman–Crippen LogP) is 0.817. The van der Waals surface area contributed by atoms with Gasteiger partial charge in [0.25, 0.3) is 0 Å². The lowest BCUT2D eigenvalue weighted by Gasteiger charge is -2.39. The summed E-state index contributed by atoms with van der Waals surface area (Å²) in [6, 6.07) is -0.704. The van der Waals surface area contributed by atoms with Crippen LogP contribution in [0.3, 0.4) is 0 Å². The Balaban J connectivity index is 0.00000256. The molecule has 0 bridgehead atoms. The number of carboxylic acid groups (broad SMARTS) is 1. The molecule has 0 aromatic heterocycles. The molecule has 0 spiro atoms. The summed E-state index contributed by atoms with van der Waals surface area (Å²) < 4.78 is 11.4. The third-order valence-electron chi connectivity index (χ3n) is 3.45. The van der Waals surface area contributed by atoms with Gasteiger partial charge in [0.05, 0.1) is 5.16 Å². The van der Waals surface area contributed by atoms with Gasteiger partial charge in [-0.15, -0.1) is 12.4 Å². The standard InChI is InChI=1S/C9H18NO5P.ClH/c1-9(2,16(13,14)15)6-3-4-10-7(5-6)8(11)12;/h6-7,10H,3-5H2,1-2H3,(H,11,12)(H2,13,14,15);1H. The minimum absolute atomic E-state index is 0. The van der Waals surface area contributed by atoms with Gasteiger partial charge < -0.3 is 20.2 Å². The van der Waals surface area contributed by atoms with Crippen LogP contribution in [0, 0.1) is 5.92 Å². The van der Waals surface area contributed by atoms with E-state index in [0.29, 0.717) is 13.0 Å². The van der Waals surface area contributed by atoms with E-state index in [9.17, 15) is 19.1 Å². The van der Waals surface area contributed by atoms with Crippen LogP contribution in [-0.2, 0) is 9.36 Å². The lowest BCUT2D eigenvalue weighted by atomic mass is 9.83. The maximum Gasteiger partial charge on any atom is 0.331 e. The summed E-state index contributed by atoms with van der Waals surface area (Å²) in [4.78, 5) is 29.4. The molecule has 0 amide bonds. The van der Waals surface area contributed by atoms with E-state index in [1.54, 1.807) is 0 Å². The van der Waals surface area contributed by atoms with Gasteiger partial charge in [0, 0.05) is 0 Å². The van der Waals surface area contributed by atoms with Crippen LogP contribution in [0.2, 0.25) is 0 Å². The van der Waals surface area contributed by atoms with Gasteiger partial charge in [-0.2, -0.15) is 0 Å². The van der Waals surface area contributed by atoms with Gasteiger partial charge in [-0.3, -0.25) is 9.36 Å². The Morgan fingerprint density at radius 2 is 1.94 bits per heavy atom. The Morgan fingerprint density at radius 1 is 1.41 bits per heavy atom. The van der Waals surface area contributed by atoms with E-state index < -0.39 is 24.8 Å². The molecule has 0 radical (unpaired) electrons. The van der Waals surface area contributed by atoms with Gasteiger partial charge in [-0.1, -0.05) is 0 Å². The number of rotatable bonds is 3. The molecule has 0 aromatic carbocycles. The molecular formula is C9H19ClNO5P. The average Bonchev–Trinajstić information content (AvgIpc) is 2.16. The fourth-order valence-electron chi connectivity index (χ4n) is 1.99. The van der Waals surface area contributed by atoms with E-state index in [2.05, 4.69) is 5.32 Å². The zero-order valence-electron chi connectivity index (χ0n) is 9.79. The molecule has 1 saturated heterocycles. The Bertz CT molecular complexity index is 329. The zero-order chi connectivity index (χ0) is 12.6. The molecule has 2 atom stereocenters. The van der Waals surface area contributed by atoms with Crippen molar-refractivity contribution < 1.29 is 24.3 Å². The highest BCUT2D eigenvalue weighted by molar-refractivity contribution is 7.53. The molecule has 0 saturated carbocycles. The molecule has 17 heavy (non-hydrogen) atoms. The Hall–Kier alpha value is -0.130. The van der Waals surface area contributed by atoms with Crippen molar-refractivity contribution >= 4 is 26.0 Å². The monoisotopic (exact) mass is 287 g/mol. The zero-order valence-corrected chi connectivity index (χ0v) is 11.5. The maximum absolute atomic E-state index is 11.4. The normalized spacial score (nSPS) is 26.1. The van der Waals surface area contributed by atoms with Crippen LogP contribution in [0.1, 0.15) is 26.7 Å². The van der Waals surface area contributed by atoms with Crippen molar-refractivity contribution in [2.24, 2.45) is 5.92 Å². The highest BCUT2D eigenvalue weighted by atomic mass is 35.5. The van der Waals surface area contributed by atoms with Gasteiger partial charge in [-0.05, 0) is 39.2 Å². The summed E-state index contributed by atoms with van der Waals surface area (Å²) >= 11 is 0. The number of carboxylic acids is 1. The van der Waals surface area contributed by atoms with Gasteiger partial charge in [0.2, 0.25) is 0 Å². The third-order valence-corrected chi connectivity index (χ3v) is 5.32. The number of hydrogen-bond acceptors (Lipinski definition) is 3. The topological polar surface area (TPSA) is 107 Å². The Morgan fingerprint density at radius 3 is 2.35 bits per heavy atom. The molecule has 1 fully saturated rings. The molecule has 8 heteroatoms. The van der Waals surface area contributed by atoms with Crippen LogP contribution < -0.4 is 5.32 Å². The van der Waals surface area contributed by atoms with E-state index in [-0.39, 0.29) is 24.7 Å². The largest absolute Gasteiger partial charge is 0.480 e. The summed E-state index contributed by atoms with van der Waals surface area (Å²) in [6.07, 6.45) is 0.843. The highest BCUT2D eigenvalue weighted by Crippen LogP contribution is 2.56. The van der Waals surface area contributed by atoms with Crippen LogP contribution >= 0.6 is 20.0 Å². The molecular weight excluding hydrogens is 269 g/mol. The van der Waals surface area contributed by atoms with Crippen molar-refractivity contribution in [2.45, 2.75) is 37.9 Å². The van der Waals surface area contributed by atoms with Crippen molar-refractivity contribution in [1.82, 2.24) is 5.32 Å². The summed E-state index contributed by atoms with van der Waals surface area (Å²) in [6.45, 7) is 3.48. The Kier molecular flexibility index (Phi) is 5.63. The van der Waals surface area contributed by atoms with Crippen molar-refractivity contribution in [1.29, 1.82) is 0 Å². The Labute approximate surface area is 106 Å². The van der Waals surface area contributed by atoms with E-state index in [0.717, 1.165) is 0 Å². The minimum Gasteiger partial charge on any atom is -0.480 e. The van der Waals surface area contributed by atoms with E-state index in [1.165, 1.54) is 13.8 Å². The summed E-state index contributed by atoms with van der Waals surface area (Å²) in [5.41, 5.74) is 0. The first-order valence-corrected chi connectivity index (χ1v) is 6.79. The number of hydrogen-bond donors (Lipinski definition) is 4. The number of piperidine rings is 1. The lowest BCUT2D eigenvalue weighted by molar-refractivity contribution is -0.140. The molecule has 1 aliphatic rings. The molecule has 0 aromatic rings. The summed E-state index contributed by atoms with van der Waals surface area (Å²) in [5, 5.41) is 10.5. The second kappa shape index (κ2) is 5.67. The van der Waals surface area contributed by atoms with Crippen LogP contribution in [0.5, 0.6) is 0 Å². The lowest BCUT2D eigenvalue weighted by Crippen LogP contribution is -2.48. The smallest absolute Gasteiger partial charge is 0.331 e. The van der Waals surface area contributed by atoms with Gasteiger partial charge in [0.1, 0.15) is 6.04 Å². The van der Waals surface area contributed by atoms with Gasteiger partial charge in [-0.25, -0.2) is 0 Å². The number of carbonyl (C=O) groups is 1. The van der Waals surface area contributed by atoms with Gasteiger partial charge in [0.15, 0.2) is 0 Å². The number of halogens is 1. The number of aliphatic carboxylic acids is 1. The molecule has 6 nitrogen and oxygen atoms in total. The molecule has 0 aliphatic carbocycles.